The van der Waals surface area contributed by atoms with Gasteiger partial charge in [-0.15, -0.1) is 11.3 Å². The standard InChI is InChI=1S/C51H37NS/c1-51(2)47-22-10-9-21-43(47)44-26-23-38(31-48(44)51)39-24-27-45-46-28-25-42(33-50(46)53-49(45)32-39)52(40-19-11-17-36(29-40)34-13-5-3-6-14-34)41-20-12-18-37(30-41)35-15-7-4-8-16-35/h3-33H,1-2H3. The normalized spacial score (nSPS) is 12.9. The number of rotatable bonds is 6. The minimum absolute atomic E-state index is 0.0207. The molecule has 0 aliphatic heterocycles. The van der Waals surface area contributed by atoms with Crippen LogP contribution in [0.2, 0.25) is 0 Å². The third-order valence-electron chi connectivity index (χ3n) is 11.1. The zero-order valence-corrected chi connectivity index (χ0v) is 30.6. The lowest BCUT2D eigenvalue weighted by Gasteiger charge is -2.26. The lowest BCUT2D eigenvalue weighted by molar-refractivity contribution is 0.660. The van der Waals surface area contributed by atoms with Crippen molar-refractivity contribution in [3.8, 4) is 44.5 Å². The Morgan fingerprint density at radius 3 is 1.53 bits per heavy atom. The molecule has 1 heterocycles. The molecular weight excluding hydrogens is 659 g/mol. The molecule has 252 valence electrons. The van der Waals surface area contributed by atoms with Gasteiger partial charge in [-0.1, -0.05) is 153 Å². The van der Waals surface area contributed by atoms with Gasteiger partial charge in [0, 0.05) is 42.6 Å². The van der Waals surface area contributed by atoms with Crippen LogP contribution in [0.15, 0.2) is 188 Å². The van der Waals surface area contributed by atoms with Crippen molar-refractivity contribution in [2.75, 3.05) is 4.90 Å². The minimum Gasteiger partial charge on any atom is -0.310 e. The molecule has 0 bridgehead atoms. The van der Waals surface area contributed by atoms with Crippen molar-refractivity contribution in [2.24, 2.45) is 0 Å². The van der Waals surface area contributed by atoms with E-state index in [4.69, 9.17) is 0 Å². The Kier molecular flexibility index (Phi) is 7.42. The van der Waals surface area contributed by atoms with Crippen LogP contribution in [-0.4, -0.2) is 0 Å². The van der Waals surface area contributed by atoms with Gasteiger partial charge in [-0.25, -0.2) is 0 Å². The van der Waals surface area contributed by atoms with Crippen LogP contribution in [0.4, 0.5) is 17.1 Å². The fourth-order valence-electron chi connectivity index (χ4n) is 8.33. The van der Waals surface area contributed by atoms with E-state index in [2.05, 4.69) is 207 Å². The van der Waals surface area contributed by atoms with Gasteiger partial charge in [-0.3, -0.25) is 0 Å². The summed E-state index contributed by atoms with van der Waals surface area (Å²) in [5.41, 5.74) is 16.3. The molecule has 0 amide bonds. The van der Waals surface area contributed by atoms with Crippen LogP contribution in [-0.2, 0) is 5.41 Å². The maximum absolute atomic E-state index is 2.42. The van der Waals surface area contributed by atoms with E-state index in [0.29, 0.717) is 0 Å². The van der Waals surface area contributed by atoms with Crippen LogP contribution in [0, 0.1) is 0 Å². The zero-order valence-electron chi connectivity index (χ0n) is 29.8. The number of benzene rings is 8. The predicted molar refractivity (Wildman–Crippen MR) is 228 cm³/mol. The third kappa shape index (κ3) is 5.37. The van der Waals surface area contributed by atoms with Crippen molar-refractivity contribution in [1.82, 2.24) is 0 Å². The molecule has 1 aliphatic rings. The highest BCUT2D eigenvalue weighted by Crippen LogP contribution is 2.50. The second kappa shape index (κ2) is 12.5. The highest BCUT2D eigenvalue weighted by Gasteiger charge is 2.35. The summed E-state index contributed by atoms with van der Waals surface area (Å²) in [6.07, 6.45) is 0. The van der Waals surface area contributed by atoms with Crippen LogP contribution in [0.3, 0.4) is 0 Å². The van der Waals surface area contributed by atoms with Crippen LogP contribution < -0.4 is 4.90 Å². The van der Waals surface area contributed by atoms with Crippen LogP contribution in [0.1, 0.15) is 25.0 Å². The Bertz CT molecular complexity index is 2730. The summed E-state index contributed by atoms with van der Waals surface area (Å²) in [7, 11) is 0. The Morgan fingerprint density at radius 1 is 0.358 bits per heavy atom. The lowest BCUT2D eigenvalue weighted by Crippen LogP contribution is -2.14. The molecule has 0 saturated heterocycles. The third-order valence-corrected chi connectivity index (χ3v) is 12.2. The first-order valence-electron chi connectivity index (χ1n) is 18.3. The largest absolute Gasteiger partial charge is 0.310 e. The molecule has 1 nitrogen and oxygen atoms in total. The van der Waals surface area contributed by atoms with Crippen molar-refractivity contribution in [3.05, 3.63) is 199 Å². The van der Waals surface area contributed by atoms with Gasteiger partial charge in [-0.05, 0) is 104 Å². The van der Waals surface area contributed by atoms with Gasteiger partial charge in [-0.2, -0.15) is 0 Å². The second-order valence-electron chi connectivity index (χ2n) is 14.6. The van der Waals surface area contributed by atoms with Crippen molar-refractivity contribution in [1.29, 1.82) is 0 Å². The quantitative estimate of drug-likeness (QED) is 0.167. The first-order chi connectivity index (χ1) is 26.0. The molecule has 0 N–H and O–H groups in total. The average molecular weight is 696 g/mol. The summed E-state index contributed by atoms with van der Waals surface area (Å²) in [5, 5.41) is 2.60. The monoisotopic (exact) mass is 695 g/mol. The van der Waals surface area contributed by atoms with E-state index in [1.165, 1.54) is 75.8 Å². The molecule has 8 aromatic carbocycles. The zero-order chi connectivity index (χ0) is 35.5. The summed E-state index contributed by atoms with van der Waals surface area (Å²) in [6, 6.07) is 69.0. The fourth-order valence-corrected chi connectivity index (χ4v) is 9.50. The van der Waals surface area contributed by atoms with E-state index in [1.54, 1.807) is 0 Å². The van der Waals surface area contributed by atoms with E-state index in [-0.39, 0.29) is 5.41 Å². The van der Waals surface area contributed by atoms with Crippen LogP contribution >= 0.6 is 11.3 Å². The van der Waals surface area contributed by atoms with E-state index < -0.39 is 0 Å². The molecular formula is C51H37NS. The van der Waals surface area contributed by atoms with Gasteiger partial charge in [0.05, 0.1) is 0 Å². The van der Waals surface area contributed by atoms with Crippen molar-refractivity contribution in [2.45, 2.75) is 19.3 Å². The summed E-state index contributed by atoms with van der Waals surface area (Å²) < 4.78 is 2.59. The highest BCUT2D eigenvalue weighted by molar-refractivity contribution is 7.25. The fraction of sp³-hybridized carbons (Fsp3) is 0.0588. The molecule has 0 radical (unpaired) electrons. The topological polar surface area (TPSA) is 3.24 Å². The molecule has 0 spiro atoms. The van der Waals surface area contributed by atoms with Crippen LogP contribution in [0.5, 0.6) is 0 Å². The number of anilines is 3. The summed E-state index contributed by atoms with van der Waals surface area (Å²) in [6.45, 7) is 4.71. The smallest absolute Gasteiger partial charge is 0.0476 e. The van der Waals surface area contributed by atoms with Gasteiger partial charge in [0.25, 0.3) is 0 Å². The maximum atomic E-state index is 2.42. The van der Waals surface area contributed by atoms with E-state index in [1.807, 2.05) is 11.3 Å². The summed E-state index contributed by atoms with van der Waals surface area (Å²) >= 11 is 1.88. The predicted octanol–water partition coefficient (Wildman–Crippen LogP) is 14.8. The highest BCUT2D eigenvalue weighted by atomic mass is 32.1. The number of hydrogen-bond donors (Lipinski definition) is 0. The Balaban J connectivity index is 1.08. The molecule has 9 aromatic rings. The van der Waals surface area contributed by atoms with Gasteiger partial charge in [0.1, 0.15) is 0 Å². The van der Waals surface area contributed by atoms with Crippen molar-refractivity contribution >= 4 is 48.6 Å². The molecule has 0 saturated carbocycles. The molecule has 2 heteroatoms. The van der Waals surface area contributed by atoms with Gasteiger partial charge < -0.3 is 4.90 Å². The van der Waals surface area contributed by atoms with E-state index >= 15 is 0 Å². The van der Waals surface area contributed by atoms with Crippen molar-refractivity contribution in [3.63, 3.8) is 0 Å². The summed E-state index contributed by atoms with van der Waals surface area (Å²) in [4.78, 5) is 2.40. The van der Waals surface area contributed by atoms with Gasteiger partial charge >= 0.3 is 0 Å². The second-order valence-corrected chi connectivity index (χ2v) is 15.7. The Labute approximate surface area is 315 Å². The van der Waals surface area contributed by atoms with Gasteiger partial charge in [0.2, 0.25) is 0 Å². The van der Waals surface area contributed by atoms with Crippen molar-refractivity contribution < 1.29 is 0 Å². The maximum Gasteiger partial charge on any atom is 0.0476 e. The Hall–Kier alpha value is -6.22. The first kappa shape index (κ1) is 31.5. The number of hydrogen-bond acceptors (Lipinski definition) is 2. The van der Waals surface area contributed by atoms with E-state index in [0.717, 1.165) is 17.1 Å². The number of nitrogens with zero attached hydrogens (tertiary/aromatic N) is 1. The van der Waals surface area contributed by atoms with E-state index in [9.17, 15) is 0 Å². The average Bonchev–Trinajstić information content (AvgIpc) is 3.69. The summed E-state index contributed by atoms with van der Waals surface area (Å²) in [5.74, 6) is 0. The SMILES string of the molecule is CC1(C)c2ccccc2-c2ccc(-c3ccc4c(c3)sc3cc(N(c5cccc(-c6ccccc6)c5)c5cccc(-c6ccccc6)c5)ccc34)cc21. The van der Waals surface area contributed by atoms with Gasteiger partial charge in [0.15, 0.2) is 0 Å². The first-order valence-corrected chi connectivity index (χ1v) is 19.2. The molecule has 0 fully saturated rings. The minimum atomic E-state index is -0.0207. The molecule has 0 unspecified atom stereocenters. The molecule has 1 aliphatic carbocycles. The Morgan fingerprint density at radius 2 is 0.849 bits per heavy atom. The van der Waals surface area contributed by atoms with Crippen LogP contribution in [0.25, 0.3) is 64.7 Å². The molecule has 53 heavy (non-hydrogen) atoms. The molecule has 10 rings (SSSR count). The molecule has 0 atom stereocenters. The molecule has 1 aromatic heterocycles. The number of fused-ring (bicyclic) bond motifs is 6. The number of thiophene rings is 1. The lowest BCUT2D eigenvalue weighted by atomic mass is 9.81.